The molecule has 1 aromatic heterocycles. The van der Waals surface area contributed by atoms with E-state index in [0.717, 1.165) is 22.9 Å². The number of para-hydroxylation sites is 1. The Morgan fingerprint density at radius 2 is 1.82 bits per heavy atom. The number of rotatable bonds is 7. The van der Waals surface area contributed by atoms with Crippen LogP contribution in [0.4, 0.5) is 4.79 Å². The fraction of sp³-hybridized carbons (Fsp3) is 0.292. The maximum atomic E-state index is 13.2. The summed E-state index contributed by atoms with van der Waals surface area (Å²) in [6.07, 6.45) is 0.394. The summed E-state index contributed by atoms with van der Waals surface area (Å²) in [5, 5.41) is 4.15. The van der Waals surface area contributed by atoms with Crippen molar-refractivity contribution in [3.05, 3.63) is 70.0 Å². The number of urea groups is 1. The van der Waals surface area contributed by atoms with Gasteiger partial charge in [0.1, 0.15) is 5.54 Å². The lowest BCUT2D eigenvalue weighted by Gasteiger charge is -2.19. The summed E-state index contributed by atoms with van der Waals surface area (Å²) in [5.74, 6) is -1.21. The van der Waals surface area contributed by atoms with Gasteiger partial charge in [-0.1, -0.05) is 60.6 Å². The van der Waals surface area contributed by atoms with E-state index in [1.807, 2.05) is 31.2 Å². The number of thioether (sulfide) groups is 1. The number of hydrogen-bond donors (Lipinski definition) is 2. The number of hydrazine groups is 1. The van der Waals surface area contributed by atoms with Crippen molar-refractivity contribution in [3.63, 3.8) is 0 Å². The quantitative estimate of drug-likeness (QED) is 0.306. The van der Waals surface area contributed by atoms with E-state index in [1.165, 1.54) is 4.57 Å². The molecule has 4 amide bonds. The van der Waals surface area contributed by atoms with Gasteiger partial charge in [0.2, 0.25) is 5.91 Å². The highest BCUT2D eigenvalue weighted by Crippen LogP contribution is 2.21. The van der Waals surface area contributed by atoms with Crippen LogP contribution in [0.15, 0.2) is 58.5 Å². The Bertz CT molecular complexity index is 1340. The summed E-state index contributed by atoms with van der Waals surface area (Å²) >= 11 is 1.07. The Labute approximate surface area is 200 Å². The maximum absolute atomic E-state index is 13.2. The average molecular weight is 480 g/mol. The molecule has 4 rings (SSSR count). The topological polar surface area (TPSA) is 113 Å². The zero-order chi connectivity index (χ0) is 24.5. The molecule has 0 spiro atoms. The predicted octanol–water partition coefficient (Wildman–Crippen LogP) is 2.60. The van der Waals surface area contributed by atoms with Crippen LogP contribution < -0.4 is 16.3 Å². The molecule has 3 aromatic rings. The standard InChI is InChI=1S/C24H25N5O4S/c1-4-24(3)21(32)29(22(33)26-24)27-19(30)14-34-23-25-18-8-6-5-7-17(18)20(31)28(23)13-16-11-9-15(2)10-12-16/h5-12H,4,13-14H2,1-3H3,(H,26,33)(H,27,30). The van der Waals surface area contributed by atoms with Crippen LogP contribution in [0.1, 0.15) is 31.4 Å². The zero-order valence-electron chi connectivity index (χ0n) is 19.1. The predicted molar refractivity (Wildman–Crippen MR) is 129 cm³/mol. The molecule has 34 heavy (non-hydrogen) atoms. The number of carbonyl (C=O) groups is 3. The molecule has 9 nitrogen and oxygen atoms in total. The van der Waals surface area contributed by atoms with Crippen LogP contribution in [0.3, 0.4) is 0 Å². The number of fused-ring (bicyclic) bond motifs is 1. The first kappa shape index (κ1) is 23.5. The molecule has 1 unspecified atom stereocenters. The maximum Gasteiger partial charge on any atom is 0.344 e. The fourth-order valence-corrected chi connectivity index (χ4v) is 4.38. The van der Waals surface area contributed by atoms with Crippen molar-refractivity contribution < 1.29 is 14.4 Å². The van der Waals surface area contributed by atoms with E-state index < -0.39 is 23.4 Å². The molecule has 2 heterocycles. The Morgan fingerprint density at radius 3 is 2.50 bits per heavy atom. The van der Waals surface area contributed by atoms with Crippen LogP contribution in [0.2, 0.25) is 0 Å². The molecule has 1 aliphatic heterocycles. The van der Waals surface area contributed by atoms with Crippen molar-refractivity contribution in [3.8, 4) is 0 Å². The van der Waals surface area contributed by atoms with Gasteiger partial charge in [0.05, 0.1) is 23.2 Å². The number of aryl methyl sites for hydroxylation is 1. The lowest BCUT2D eigenvalue weighted by Crippen LogP contribution is -2.49. The summed E-state index contributed by atoms with van der Waals surface area (Å²) in [4.78, 5) is 55.1. The van der Waals surface area contributed by atoms with E-state index in [9.17, 15) is 19.2 Å². The molecular formula is C24H25N5O4S. The minimum absolute atomic E-state index is 0.140. The number of amides is 4. The largest absolute Gasteiger partial charge is 0.344 e. The summed E-state index contributed by atoms with van der Waals surface area (Å²) in [5.41, 5.74) is 3.67. The third-order valence-corrected chi connectivity index (χ3v) is 6.80. The number of aromatic nitrogens is 2. The van der Waals surface area contributed by atoms with Crippen LogP contribution in [0.25, 0.3) is 10.9 Å². The Hall–Kier alpha value is -3.66. The molecule has 1 fully saturated rings. The number of carbonyl (C=O) groups excluding carboxylic acids is 3. The van der Waals surface area contributed by atoms with Crippen molar-refractivity contribution in [2.24, 2.45) is 0 Å². The third kappa shape index (κ3) is 4.54. The van der Waals surface area contributed by atoms with Crippen LogP contribution in [-0.4, -0.2) is 43.7 Å². The SMILES string of the molecule is CCC1(C)NC(=O)N(NC(=O)CSc2nc3ccccc3c(=O)n2Cc2ccc(C)cc2)C1=O. The molecular weight excluding hydrogens is 454 g/mol. The smallest absolute Gasteiger partial charge is 0.322 e. The van der Waals surface area contributed by atoms with Crippen molar-refractivity contribution in [1.82, 2.24) is 25.3 Å². The molecule has 0 radical (unpaired) electrons. The van der Waals surface area contributed by atoms with Gasteiger partial charge >= 0.3 is 6.03 Å². The highest BCUT2D eigenvalue weighted by atomic mass is 32.2. The van der Waals surface area contributed by atoms with Gasteiger partial charge in [0, 0.05) is 0 Å². The van der Waals surface area contributed by atoms with E-state index in [4.69, 9.17) is 0 Å². The number of nitrogens with zero attached hydrogens (tertiary/aromatic N) is 3. The second-order valence-corrected chi connectivity index (χ2v) is 9.31. The molecule has 176 valence electrons. The van der Waals surface area contributed by atoms with Crippen LogP contribution >= 0.6 is 11.8 Å². The fourth-order valence-electron chi connectivity index (χ4n) is 3.59. The first-order chi connectivity index (χ1) is 16.2. The third-order valence-electron chi connectivity index (χ3n) is 5.82. The Balaban J connectivity index is 1.57. The van der Waals surface area contributed by atoms with Crippen molar-refractivity contribution in [2.45, 2.75) is 44.4 Å². The number of benzene rings is 2. The van der Waals surface area contributed by atoms with Crippen LogP contribution in [-0.2, 0) is 16.1 Å². The molecule has 1 aliphatic rings. The minimum atomic E-state index is -1.05. The molecule has 0 bridgehead atoms. The van der Waals surface area contributed by atoms with E-state index in [-0.39, 0.29) is 11.3 Å². The highest BCUT2D eigenvalue weighted by Gasteiger charge is 2.47. The molecule has 10 heteroatoms. The zero-order valence-corrected chi connectivity index (χ0v) is 19.9. The first-order valence-electron chi connectivity index (χ1n) is 10.9. The summed E-state index contributed by atoms with van der Waals surface area (Å²) in [6, 6.07) is 14.2. The van der Waals surface area contributed by atoms with Crippen molar-refractivity contribution in [2.75, 3.05) is 5.75 Å². The van der Waals surface area contributed by atoms with E-state index in [2.05, 4.69) is 15.7 Å². The summed E-state index contributed by atoms with van der Waals surface area (Å²) in [6.45, 7) is 5.67. The van der Waals surface area contributed by atoms with Gasteiger partial charge in [-0.3, -0.25) is 24.4 Å². The molecule has 0 saturated carbocycles. The normalized spacial score (nSPS) is 17.8. The average Bonchev–Trinajstić information content (AvgIpc) is 3.04. The second kappa shape index (κ2) is 9.30. The summed E-state index contributed by atoms with van der Waals surface area (Å²) < 4.78 is 1.53. The van der Waals surface area contributed by atoms with Gasteiger partial charge < -0.3 is 5.32 Å². The van der Waals surface area contributed by atoms with Gasteiger partial charge in [-0.15, -0.1) is 0 Å². The number of hydrogen-bond acceptors (Lipinski definition) is 6. The van der Waals surface area contributed by atoms with Gasteiger partial charge in [-0.05, 0) is 38.0 Å². The van der Waals surface area contributed by atoms with Crippen molar-refractivity contribution >= 4 is 40.5 Å². The van der Waals surface area contributed by atoms with Crippen LogP contribution in [0.5, 0.6) is 0 Å². The highest BCUT2D eigenvalue weighted by molar-refractivity contribution is 7.99. The number of imide groups is 1. The number of nitrogens with one attached hydrogen (secondary N) is 2. The minimum Gasteiger partial charge on any atom is -0.322 e. The summed E-state index contributed by atoms with van der Waals surface area (Å²) in [7, 11) is 0. The lowest BCUT2D eigenvalue weighted by molar-refractivity contribution is -0.137. The monoisotopic (exact) mass is 479 g/mol. The lowest BCUT2D eigenvalue weighted by atomic mass is 10.00. The Kier molecular flexibility index (Phi) is 6.43. The van der Waals surface area contributed by atoms with Gasteiger partial charge in [-0.2, -0.15) is 5.01 Å². The first-order valence-corrected chi connectivity index (χ1v) is 11.8. The van der Waals surface area contributed by atoms with E-state index in [0.29, 0.717) is 34.0 Å². The molecule has 1 atom stereocenters. The van der Waals surface area contributed by atoms with Gasteiger partial charge in [-0.25, -0.2) is 9.78 Å². The molecule has 2 aromatic carbocycles. The van der Waals surface area contributed by atoms with E-state index in [1.54, 1.807) is 38.1 Å². The molecule has 0 aliphatic carbocycles. The molecule has 1 saturated heterocycles. The molecule has 2 N–H and O–H groups in total. The van der Waals surface area contributed by atoms with Crippen LogP contribution in [0, 0.1) is 6.92 Å². The van der Waals surface area contributed by atoms with Crippen molar-refractivity contribution in [1.29, 1.82) is 0 Å². The van der Waals surface area contributed by atoms with Gasteiger partial charge in [0.25, 0.3) is 11.5 Å². The second-order valence-electron chi connectivity index (χ2n) is 8.37. The van der Waals surface area contributed by atoms with Gasteiger partial charge in [0.15, 0.2) is 5.16 Å². The Morgan fingerprint density at radius 1 is 1.12 bits per heavy atom. The van der Waals surface area contributed by atoms with E-state index >= 15 is 0 Å².